The zero-order chi connectivity index (χ0) is 12.4. The molecule has 0 radical (unpaired) electrons. The number of hydrazine groups is 1. The lowest BCUT2D eigenvalue weighted by molar-refractivity contribution is 0.520. The topological polar surface area (TPSA) is 68.8 Å². The van der Waals surface area contributed by atoms with E-state index in [1.54, 1.807) is 17.7 Å². The number of hydrogen-bond acceptors (Lipinski definition) is 5. The highest BCUT2D eigenvalue weighted by Gasteiger charge is 2.16. The van der Waals surface area contributed by atoms with Gasteiger partial charge in [0, 0.05) is 24.5 Å². The number of hydrogen-bond donors (Lipinski definition) is 2. The minimum Gasteiger partial charge on any atom is -0.336 e. The van der Waals surface area contributed by atoms with Gasteiger partial charge in [0.15, 0.2) is 0 Å². The second-order valence-electron chi connectivity index (χ2n) is 4.10. The molecule has 2 heterocycles. The van der Waals surface area contributed by atoms with Crippen molar-refractivity contribution in [2.24, 2.45) is 12.9 Å². The summed E-state index contributed by atoms with van der Waals surface area (Å²) in [5.74, 6) is 5.61. The fourth-order valence-corrected chi connectivity index (χ4v) is 2.73. The third-order valence-corrected chi connectivity index (χ3v) is 3.96. The van der Waals surface area contributed by atoms with E-state index in [0.717, 1.165) is 22.8 Å². The van der Waals surface area contributed by atoms with Crippen LogP contribution in [0.4, 0.5) is 0 Å². The summed E-state index contributed by atoms with van der Waals surface area (Å²) in [5.41, 5.74) is 5.00. The van der Waals surface area contributed by atoms with Crippen LogP contribution in [0.25, 0.3) is 0 Å². The summed E-state index contributed by atoms with van der Waals surface area (Å²) >= 11 is 1.72. The summed E-state index contributed by atoms with van der Waals surface area (Å²) in [5, 5.41) is 1.10. The van der Waals surface area contributed by atoms with Crippen molar-refractivity contribution in [2.75, 3.05) is 0 Å². The molecular formula is C11H17N5S. The van der Waals surface area contributed by atoms with Gasteiger partial charge in [0.05, 0.1) is 28.8 Å². The maximum Gasteiger partial charge on any atom is 0.0950 e. The zero-order valence-electron chi connectivity index (χ0n) is 10.3. The maximum absolute atomic E-state index is 5.61. The number of aryl methyl sites for hydroxylation is 3. The van der Waals surface area contributed by atoms with Crippen LogP contribution in [0, 0.1) is 13.8 Å². The molecule has 0 spiro atoms. The Bertz CT molecular complexity index is 482. The van der Waals surface area contributed by atoms with Gasteiger partial charge in [-0.3, -0.25) is 11.3 Å². The summed E-state index contributed by atoms with van der Waals surface area (Å²) in [4.78, 5) is 9.90. The highest BCUT2D eigenvalue weighted by Crippen LogP contribution is 2.22. The molecule has 2 aromatic rings. The summed E-state index contributed by atoms with van der Waals surface area (Å²) in [6.45, 7) is 4.12. The number of nitrogens with two attached hydrogens (primary N) is 1. The third kappa shape index (κ3) is 2.54. The van der Waals surface area contributed by atoms with Gasteiger partial charge in [0.1, 0.15) is 0 Å². The van der Waals surface area contributed by atoms with Crippen LogP contribution in [-0.2, 0) is 13.5 Å². The van der Waals surface area contributed by atoms with Crippen LogP contribution in [-0.4, -0.2) is 14.5 Å². The molecule has 0 amide bonds. The van der Waals surface area contributed by atoms with Crippen molar-refractivity contribution in [3.63, 3.8) is 0 Å². The average molecular weight is 251 g/mol. The number of imidazole rings is 1. The lowest BCUT2D eigenvalue weighted by Gasteiger charge is -2.14. The van der Waals surface area contributed by atoms with Gasteiger partial charge in [0.2, 0.25) is 0 Å². The van der Waals surface area contributed by atoms with Crippen LogP contribution in [0.2, 0.25) is 0 Å². The van der Waals surface area contributed by atoms with E-state index in [2.05, 4.69) is 22.3 Å². The Kier molecular flexibility index (Phi) is 3.56. The Morgan fingerprint density at radius 2 is 2.29 bits per heavy atom. The quantitative estimate of drug-likeness (QED) is 0.633. The first kappa shape index (κ1) is 12.2. The molecule has 2 rings (SSSR count). The molecule has 6 heteroatoms. The van der Waals surface area contributed by atoms with E-state index in [1.165, 1.54) is 4.88 Å². The summed E-state index contributed by atoms with van der Waals surface area (Å²) < 4.78 is 1.97. The third-order valence-electron chi connectivity index (χ3n) is 2.86. The van der Waals surface area contributed by atoms with Crippen molar-refractivity contribution in [3.05, 3.63) is 33.8 Å². The number of rotatable bonds is 4. The first-order valence-electron chi connectivity index (χ1n) is 5.47. The van der Waals surface area contributed by atoms with E-state index in [0.29, 0.717) is 0 Å². The van der Waals surface area contributed by atoms with E-state index in [4.69, 9.17) is 5.84 Å². The second kappa shape index (κ2) is 4.95. The van der Waals surface area contributed by atoms with E-state index < -0.39 is 0 Å². The predicted octanol–water partition coefficient (Wildman–Crippen LogP) is 1.24. The molecule has 92 valence electrons. The van der Waals surface area contributed by atoms with E-state index >= 15 is 0 Å². The van der Waals surface area contributed by atoms with Crippen molar-refractivity contribution in [2.45, 2.75) is 26.3 Å². The Balaban J connectivity index is 2.18. The molecule has 0 aliphatic heterocycles. The number of aromatic nitrogens is 3. The highest BCUT2D eigenvalue weighted by atomic mass is 32.1. The van der Waals surface area contributed by atoms with Crippen LogP contribution in [0.15, 0.2) is 12.5 Å². The van der Waals surface area contributed by atoms with Crippen molar-refractivity contribution < 1.29 is 0 Å². The summed E-state index contributed by atoms with van der Waals surface area (Å²) in [7, 11) is 1.96. The number of nitrogens with zero attached hydrogens (tertiary/aromatic N) is 3. The van der Waals surface area contributed by atoms with Crippen LogP contribution in [0.1, 0.15) is 27.3 Å². The molecule has 1 atom stereocenters. The van der Waals surface area contributed by atoms with Gasteiger partial charge in [-0.15, -0.1) is 11.3 Å². The van der Waals surface area contributed by atoms with E-state index in [-0.39, 0.29) is 6.04 Å². The minimum atomic E-state index is 0.0486. The molecule has 0 aliphatic rings. The SMILES string of the molecule is Cc1nc(CC(NN)c2cncn2C)sc1C. The summed E-state index contributed by atoms with van der Waals surface area (Å²) in [6.07, 6.45) is 4.39. The van der Waals surface area contributed by atoms with Crippen LogP contribution >= 0.6 is 11.3 Å². The van der Waals surface area contributed by atoms with Crippen molar-refractivity contribution >= 4 is 11.3 Å². The van der Waals surface area contributed by atoms with Crippen molar-refractivity contribution in [3.8, 4) is 0 Å². The second-order valence-corrected chi connectivity index (χ2v) is 5.39. The molecule has 3 N–H and O–H groups in total. The molecule has 0 saturated heterocycles. The zero-order valence-corrected chi connectivity index (χ0v) is 11.1. The minimum absolute atomic E-state index is 0.0486. The van der Waals surface area contributed by atoms with E-state index in [1.807, 2.05) is 24.7 Å². The normalized spacial score (nSPS) is 12.9. The lowest BCUT2D eigenvalue weighted by Crippen LogP contribution is -2.30. The number of thiazole rings is 1. The average Bonchev–Trinajstić information content (AvgIpc) is 2.83. The fraction of sp³-hybridized carbons (Fsp3) is 0.455. The molecule has 0 fully saturated rings. The Morgan fingerprint density at radius 3 is 2.76 bits per heavy atom. The highest BCUT2D eigenvalue weighted by molar-refractivity contribution is 7.11. The lowest BCUT2D eigenvalue weighted by atomic mass is 10.1. The first-order chi connectivity index (χ1) is 8.11. The Hall–Kier alpha value is -1.24. The van der Waals surface area contributed by atoms with Crippen LogP contribution in [0.3, 0.4) is 0 Å². The molecule has 0 saturated carbocycles. The first-order valence-corrected chi connectivity index (χ1v) is 6.28. The molecule has 0 bridgehead atoms. The standard InChI is InChI=1S/C11H17N5S/c1-7-8(2)17-11(14-7)4-9(15-12)10-5-13-6-16(10)3/h5-6,9,15H,4,12H2,1-3H3. The predicted molar refractivity (Wildman–Crippen MR) is 68.6 cm³/mol. The smallest absolute Gasteiger partial charge is 0.0950 e. The van der Waals surface area contributed by atoms with E-state index in [9.17, 15) is 0 Å². The van der Waals surface area contributed by atoms with Gasteiger partial charge in [-0.1, -0.05) is 0 Å². The molecule has 5 nitrogen and oxygen atoms in total. The largest absolute Gasteiger partial charge is 0.336 e. The van der Waals surface area contributed by atoms with Gasteiger partial charge in [-0.2, -0.15) is 0 Å². The maximum atomic E-state index is 5.61. The van der Waals surface area contributed by atoms with Crippen molar-refractivity contribution in [1.82, 2.24) is 20.0 Å². The molecular weight excluding hydrogens is 234 g/mol. The molecule has 1 unspecified atom stereocenters. The fourth-order valence-electron chi connectivity index (χ4n) is 1.75. The molecule has 0 aliphatic carbocycles. The van der Waals surface area contributed by atoms with Crippen molar-refractivity contribution in [1.29, 1.82) is 0 Å². The van der Waals surface area contributed by atoms with Crippen LogP contribution in [0.5, 0.6) is 0 Å². The van der Waals surface area contributed by atoms with Gasteiger partial charge in [0.25, 0.3) is 0 Å². The van der Waals surface area contributed by atoms with Gasteiger partial charge < -0.3 is 4.57 Å². The monoisotopic (exact) mass is 251 g/mol. The van der Waals surface area contributed by atoms with Gasteiger partial charge >= 0.3 is 0 Å². The van der Waals surface area contributed by atoms with Gasteiger partial charge in [-0.05, 0) is 13.8 Å². The molecule has 0 aromatic carbocycles. The molecule has 2 aromatic heterocycles. The van der Waals surface area contributed by atoms with Crippen LogP contribution < -0.4 is 11.3 Å². The van der Waals surface area contributed by atoms with Gasteiger partial charge in [-0.25, -0.2) is 9.97 Å². The Morgan fingerprint density at radius 1 is 1.53 bits per heavy atom. The number of nitrogens with one attached hydrogen (secondary N) is 1. The Labute approximate surface area is 105 Å². The molecule has 17 heavy (non-hydrogen) atoms. The summed E-state index contributed by atoms with van der Waals surface area (Å²) in [6, 6.07) is 0.0486.